The summed E-state index contributed by atoms with van der Waals surface area (Å²) in [4.78, 5) is 13.3. The van der Waals surface area contributed by atoms with Crippen LogP contribution in [0.15, 0.2) is 39.9 Å². The fourth-order valence-corrected chi connectivity index (χ4v) is 4.73. The number of aromatic nitrogens is 2. The van der Waals surface area contributed by atoms with Gasteiger partial charge in [0.05, 0.1) is 0 Å². The molecule has 0 bridgehead atoms. The second-order valence-electron chi connectivity index (χ2n) is 6.62. The summed E-state index contributed by atoms with van der Waals surface area (Å²) in [5.74, 6) is 1.53. The molecule has 0 unspecified atom stereocenters. The van der Waals surface area contributed by atoms with E-state index in [0.717, 1.165) is 43.1 Å². The molecule has 136 valence electrons. The Balaban J connectivity index is 1.60. The normalized spacial score (nSPS) is 19.1. The third-order valence-corrected chi connectivity index (χ3v) is 6.34. The summed E-state index contributed by atoms with van der Waals surface area (Å²) in [7, 11) is -3.58. The van der Waals surface area contributed by atoms with Gasteiger partial charge in [-0.25, -0.2) is 9.97 Å². The van der Waals surface area contributed by atoms with E-state index in [-0.39, 0.29) is 0 Å². The Kier molecular flexibility index (Phi) is 4.14. The number of hydrogen-bond donors (Lipinski definition) is 0. The maximum atomic E-state index is 12.3. The maximum absolute atomic E-state index is 12.3. The summed E-state index contributed by atoms with van der Waals surface area (Å²) in [6.45, 7) is 7.12. The highest BCUT2D eigenvalue weighted by Gasteiger charge is 2.32. The second-order valence-corrected chi connectivity index (χ2v) is 8.19. The molecular weight excluding hydrogens is 350 g/mol. The summed E-state index contributed by atoms with van der Waals surface area (Å²) >= 11 is 0. The number of nitrogens with zero attached hydrogens (tertiary/aromatic N) is 5. The van der Waals surface area contributed by atoms with Gasteiger partial charge < -0.3 is 9.80 Å². The zero-order valence-electron chi connectivity index (χ0n) is 14.9. The van der Waals surface area contributed by atoms with E-state index in [2.05, 4.69) is 24.2 Å². The van der Waals surface area contributed by atoms with Gasteiger partial charge in [-0.3, -0.25) is 0 Å². The summed E-state index contributed by atoms with van der Waals surface area (Å²) in [6.07, 6.45) is 2.51. The van der Waals surface area contributed by atoms with Gasteiger partial charge in [-0.2, -0.15) is 8.42 Å². The number of aryl methyl sites for hydroxylation is 1. The van der Waals surface area contributed by atoms with E-state index in [1.54, 1.807) is 18.5 Å². The molecule has 1 saturated heterocycles. The first-order valence-corrected chi connectivity index (χ1v) is 10.1. The molecule has 3 heterocycles. The van der Waals surface area contributed by atoms with Crippen LogP contribution in [0.4, 0.5) is 5.82 Å². The highest BCUT2D eigenvalue weighted by molar-refractivity contribution is 7.90. The van der Waals surface area contributed by atoms with Crippen LogP contribution in [0, 0.1) is 13.8 Å². The number of benzene rings is 1. The molecule has 0 N–H and O–H groups in total. The number of amidine groups is 1. The predicted octanol–water partition coefficient (Wildman–Crippen LogP) is 1.75. The molecule has 1 aromatic heterocycles. The van der Waals surface area contributed by atoms with Crippen molar-refractivity contribution in [3.63, 3.8) is 0 Å². The average Bonchev–Trinajstić information content (AvgIpc) is 2.78. The van der Waals surface area contributed by atoms with Crippen LogP contribution in [0.2, 0.25) is 0 Å². The first kappa shape index (κ1) is 17.0. The lowest BCUT2D eigenvalue weighted by Crippen LogP contribution is -2.35. The zero-order chi connectivity index (χ0) is 18.3. The molecular formula is C18H21N5O2S. The lowest BCUT2D eigenvalue weighted by Gasteiger charge is -2.25. The Labute approximate surface area is 153 Å². The first-order valence-electron chi connectivity index (χ1n) is 8.70. The Morgan fingerprint density at radius 3 is 2.54 bits per heavy atom. The van der Waals surface area contributed by atoms with Crippen LogP contribution < -0.4 is 4.90 Å². The number of anilines is 1. The van der Waals surface area contributed by atoms with Gasteiger partial charge in [0.1, 0.15) is 17.0 Å². The van der Waals surface area contributed by atoms with Gasteiger partial charge >= 0.3 is 0 Å². The Bertz CT molecular complexity index is 987. The molecule has 0 aliphatic carbocycles. The van der Waals surface area contributed by atoms with Crippen molar-refractivity contribution in [1.82, 2.24) is 14.9 Å². The highest BCUT2D eigenvalue weighted by Crippen LogP contribution is 2.28. The second kappa shape index (κ2) is 6.35. The number of hydrogen-bond acceptors (Lipinski definition) is 6. The maximum Gasteiger partial charge on any atom is 0.285 e. The molecule has 4 rings (SSSR count). The minimum Gasteiger partial charge on any atom is -0.354 e. The van der Waals surface area contributed by atoms with Crippen LogP contribution in [0.5, 0.6) is 0 Å². The van der Waals surface area contributed by atoms with Gasteiger partial charge in [0.25, 0.3) is 10.0 Å². The van der Waals surface area contributed by atoms with Crippen LogP contribution in [-0.2, 0) is 10.0 Å². The molecule has 2 aliphatic rings. The Morgan fingerprint density at radius 1 is 0.962 bits per heavy atom. The summed E-state index contributed by atoms with van der Waals surface area (Å²) in [5.41, 5.74) is 2.78. The Morgan fingerprint density at radius 2 is 1.69 bits per heavy atom. The molecule has 0 radical (unpaired) electrons. The fraction of sp³-hybridized carbons (Fsp3) is 0.389. The predicted molar refractivity (Wildman–Crippen MR) is 100 cm³/mol. The molecule has 26 heavy (non-hydrogen) atoms. The Hall–Kier alpha value is -2.48. The monoisotopic (exact) mass is 371 g/mol. The minimum atomic E-state index is -3.58. The molecule has 8 heteroatoms. The standard InChI is InChI=1S/C18H21N5O2S/c1-13-14(2)19-12-20-17(13)22-8-5-9-23(11-10-22)18-15-6-3-4-7-16(15)26(24,25)21-18/h3-4,6-7,12H,5,8-11H2,1-2H3. The molecule has 2 aliphatic heterocycles. The minimum absolute atomic E-state index is 0.304. The molecule has 0 spiro atoms. The summed E-state index contributed by atoms with van der Waals surface area (Å²) in [6, 6.07) is 7.04. The van der Waals surface area contributed by atoms with Crippen molar-refractivity contribution in [2.45, 2.75) is 25.2 Å². The van der Waals surface area contributed by atoms with Crippen molar-refractivity contribution in [2.75, 3.05) is 31.1 Å². The van der Waals surface area contributed by atoms with Crippen molar-refractivity contribution in [2.24, 2.45) is 4.40 Å². The van der Waals surface area contributed by atoms with Crippen molar-refractivity contribution in [3.05, 3.63) is 47.4 Å². The van der Waals surface area contributed by atoms with Crippen molar-refractivity contribution < 1.29 is 8.42 Å². The molecule has 7 nitrogen and oxygen atoms in total. The SMILES string of the molecule is Cc1ncnc(N2CCCN(C3=NS(=O)(=O)c4ccccc43)CC2)c1C. The molecule has 0 saturated carbocycles. The smallest absolute Gasteiger partial charge is 0.285 e. The lowest BCUT2D eigenvalue weighted by molar-refractivity contribution is 0.449. The van der Waals surface area contributed by atoms with Gasteiger partial charge in [0.2, 0.25) is 0 Å². The number of fused-ring (bicyclic) bond motifs is 1. The van der Waals surface area contributed by atoms with Crippen LogP contribution in [0.25, 0.3) is 0 Å². The molecule has 0 atom stereocenters. The van der Waals surface area contributed by atoms with E-state index < -0.39 is 10.0 Å². The van der Waals surface area contributed by atoms with Gasteiger partial charge in [-0.1, -0.05) is 12.1 Å². The number of rotatable bonds is 1. The highest BCUT2D eigenvalue weighted by atomic mass is 32.2. The topological polar surface area (TPSA) is 78.8 Å². The van der Waals surface area contributed by atoms with E-state index in [9.17, 15) is 8.42 Å². The van der Waals surface area contributed by atoms with Crippen molar-refractivity contribution >= 4 is 21.7 Å². The van der Waals surface area contributed by atoms with Crippen LogP contribution in [-0.4, -0.2) is 55.3 Å². The summed E-state index contributed by atoms with van der Waals surface area (Å²) in [5, 5.41) is 0. The first-order chi connectivity index (χ1) is 12.5. The third-order valence-electron chi connectivity index (χ3n) is 5.02. The lowest BCUT2D eigenvalue weighted by atomic mass is 10.2. The van der Waals surface area contributed by atoms with Crippen molar-refractivity contribution in [1.29, 1.82) is 0 Å². The van der Waals surface area contributed by atoms with Gasteiger partial charge in [-0.05, 0) is 32.4 Å². The van der Waals surface area contributed by atoms with Gasteiger partial charge in [-0.15, -0.1) is 4.40 Å². The largest absolute Gasteiger partial charge is 0.354 e. The summed E-state index contributed by atoms with van der Waals surface area (Å²) < 4.78 is 28.7. The fourth-order valence-electron chi connectivity index (χ4n) is 3.50. The molecule has 1 fully saturated rings. The van der Waals surface area contributed by atoms with Gasteiger partial charge in [0, 0.05) is 43.0 Å². The van der Waals surface area contributed by atoms with E-state index >= 15 is 0 Å². The van der Waals surface area contributed by atoms with E-state index in [1.165, 1.54) is 0 Å². The molecule has 2 aromatic rings. The third kappa shape index (κ3) is 2.84. The van der Waals surface area contributed by atoms with Gasteiger partial charge in [0.15, 0.2) is 5.84 Å². The van der Waals surface area contributed by atoms with Crippen LogP contribution >= 0.6 is 0 Å². The van der Waals surface area contributed by atoms with Crippen LogP contribution in [0.3, 0.4) is 0 Å². The van der Waals surface area contributed by atoms with Crippen LogP contribution in [0.1, 0.15) is 23.2 Å². The quantitative estimate of drug-likeness (QED) is 0.760. The van der Waals surface area contributed by atoms with E-state index in [4.69, 9.17) is 0 Å². The van der Waals surface area contributed by atoms with E-state index in [0.29, 0.717) is 22.8 Å². The van der Waals surface area contributed by atoms with Crippen molar-refractivity contribution in [3.8, 4) is 0 Å². The molecule has 1 aromatic carbocycles. The average molecular weight is 371 g/mol. The zero-order valence-corrected chi connectivity index (χ0v) is 15.7. The molecule has 0 amide bonds. The number of sulfonamides is 1. The van der Waals surface area contributed by atoms with E-state index in [1.807, 2.05) is 26.0 Å².